The monoisotopic (exact) mass is 364 g/mol. The lowest BCUT2D eigenvalue weighted by atomic mass is 10.2. The third kappa shape index (κ3) is 5.85. The molecule has 0 atom stereocenters. The van der Waals surface area contributed by atoms with Gasteiger partial charge >= 0.3 is 0 Å². The van der Waals surface area contributed by atoms with Gasteiger partial charge in [0.05, 0.1) is 23.6 Å². The Labute approximate surface area is 146 Å². The van der Waals surface area contributed by atoms with E-state index in [2.05, 4.69) is 4.72 Å². The molecule has 0 aliphatic rings. The van der Waals surface area contributed by atoms with Gasteiger partial charge in [-0.25, -0.2) is 8.42 Å². The highest BCUT2D eigenvalue weighted by molar-refractivity contribution is 7.92. The van der Waals surface area contributed by atoms with E-state index >= 15 is 0 Å². The van der Waals surface area contributed by atoms with Crippen molar-refractivity contribution in [1.82, 2.24) is 0 Å². The van der Waals surface area contributed by atoms with Gasteiger partial charge in [0.1, 0.15) is 6.07 Å². The van der Waals surface area contributed by atoms with Gasteiger partial charge in [0, 0.05) is 11.6 Å². The number of ether oxygens (including phenoxy) is 1. The number of halogens is 1. The number of benzene rings is 2. The number of nitrogens with one attached hydrogen (secondary N) is 1. The van der Waals surface area contributed by atoms with Crippen LogP contribution in [0.2, 0.25) is 5.02 Å². The Morgan fingerprint density at radius 1 is 1.17 bits per heavy atom. The molecule has 126 valence electrons. The van der Waals surface area contributed by atoms with Crippen molar-refractivity contribution in [3.05, 3.63) is 64.7 Å². The topological polar surface area (TPSA) is 79.2 Å². The highest BCUT2D eigenvalue weighted by atomic mass is 35.5. The molecule has 0 bridgehead atoms. The summed E-state index contributed by atoms with van der Waals surface area (Å²) < 4.78 is 32.0. The maximum atomic E-state index is 12.1. The second kappa shape index (κ2) is 8.69. The summed E-state index contributed by atoms with van der Waals surface area (Å²) in [7, 11) is -3.57. The molecule has 0 amide bonds. The lowest BCUT2D eigenvalue weighted by Crippen LogP contribution is -2.18. The van der Waals surface area contributed by atoms with Gasteiger partial charge in [-0.05, 0) is 30.2 Å². The Bertz CT molecular complexity index is 817. The van der Waals surface area contributed by atoms with Crippen LogP contribution in [-0.2, 0) is 21.4 Å². The molecule has 1 N–H and O–H groups in total. The first-order chi connectivity index (χ1) is 11.5. The van der Waals surface area contributed by atoms with Crippen molar-refractivity contribution in [3.63, 3.8) is 0 Å². The molecule has 24 heavy (non-hydrogen) atoms. The van der Waals surface area contributed by atoms with Crippen LogP contribution in [0.5, 0.6) is 0 Å². The van der Waals surface area contributed by atoms with Gasteiger partial charge in [0.25, 0.3) is 0 Å². The number of anilines is 1. The Hall–Kier alpha value is -2.07. The van der Waals surface area contributed by atoms with Crippen molar-refractivity contribution in [3.8, 4) is 6.07 Å². The van der Waals surface area contributed by atoms with E-state index in [9.17, 15) is 8.42 Å². The molecule has 2 aromatic carbocycles. The summed E-state index contributed by atoms with van der Waals surface area (Å²) in [5, 5.41) is 9.37. The molecule has 0 aromatic heterocycles. The van der Waals surface area contributed by atoms with E-state index in [0.29, 0.717) is 24.7 Å². The van der Waals surface area contributed by atoms with E-state index in [1.54, 1.807) is 0 Å². The molecule has 7 heteroatoms. The minimum Gasteiger partial charge on any atom is -0.377 e. The van der Waals surface area contributed by atoms with Crippen molar-refractivity contribution in [2.24, 2.45) is 0 Å². The number of hydrogen-bond donors (Lipinski definition) is 1. The first kappa shape index (κ1) is 18.3. The molecule has 2 rings (SSSR count). The normalized spacial score (nSPS) is 11.0. The molecule has 5 nitrogen and oxygen atoms in total. The second-order valence-electron chi connectivity index (χ2n) is 5.11. The van der Waals surface area contributed by atoms with Gasteiger partial charge in [0.15, 0.2) is 0 Å². The van der Waals surface area contributed by atoms with Crippen LogP contribution in [-0.4, -0.2) is 20.8 Å². The van der Waals surface area contributed by atoms with Gasteiger partial charge in [0.2, 0.25) is 10.0 Å². The van der Waals surface area contributed by atoms with Crippen molar-refractivity contribution in [2.45, 2.75) is 13.0 Å². The fraction of sp³-hybridized carbons (Fsp3) is 0.235. The van der Waals surface area contributed by atoms with Gasteiger partial charge in [-0.3, -0.25) is 4.72 Å². The summed E-state index contributed by atoms with van der Waals surface area (Å²) in [5.74, 6) is -0.0980. The number of rotatable bonds is 8. The molecular weight excluding hydrogens is 348 g/mol. The summed E-state index contributed by atoms with van der Waals surface area (Å²) in [5.41, 5.74) is 1.45. The molecule has 0 aliphatic carbocycles. The fourth-order valence-corrected chi connectivity index (χ4v) is 3.31. The third-order valence-electron chi connectivity index (χ3n) is 3.18. The van der Waals surface area contributed by atoms with Crippen molar-refractivity contribution in [2.75, 3.05) is 17.1 Å². The number of nitriles is 1. The van der Waals surface area contributed by atoms with Gasteiger partial charge in [-0.1, -0.05) is 41.9 Å². The molecule has 0 radical (unpaired) electrons. The van der Waals surface area contributed by atoms with Crippen molar-refractivity contribution >= 4 is 27.3 Å². The minimum atomic E-state index is -3.57. The summed E-state index contributed by atoms with van der Waals surface area (Å²) >= 11 is 5.84. The van der Waals surface area contributed by atoms with Crippen molar-refractivity contribution < 1.29 is 13.2 Å². The fourth-order valence-electron chi connectivity index (χ4n) is 2.03. The molecule has 0 saturated heterocycles. The number of nitrogens with zero attached hydrogens (tertiary/aromatic N) is 1. The first-order valence-corrected chi connectivity index (χ1v) is 9.35. The summed E-state index contributed by atoms with van der Waals surface area (Å²) in [6, 6.07) is 16.0. The third-order valence-corrected chi connectivity index (χ3v) is 4.77. The zero-order valence-corrected chi connectivity index (χ0v) is 14.5. The predicted molar refractivity (Wildman–Crippen MR) is 94.3 cm³/mol. The van der Waals surface area contributed by atoms with Crippen LogP contribution in [0.15, 0.2) is 48.5 Å². The van der Waals surface area contributed by atoms with E-state index in [0.717, 1.165) is 5.56 Å². The van der Waals surface area contributed by atoms with Crippen LogP contribution in [0.4, 0.5) is 5.69 Å². The molecular formula is C17H17ClN2O3S. The molecule has 0 fully saturated rings. The Balaban J connectivity index is 1.82. The lowest BCUT2D eigenvalue weighted by Gasteiger charge is -2.10. The van der Waals surface area contributed by atoms with Crippen molar-refractivity contribution in [1.29, 1.82) is 5.26 Å². The summed E-state index contributed by atoms with van der Waals surface area (Å²) in [6.07, 6.45) is 0.352. The molecule has 2 aromatic rings. The summed E-state index contributed by atoms with van der Waals surface area (Å²) in [4.78, 5) is 0. The van der Waals surface area contributed by atoms with Crippen LogP contribution < -0.4 is 4.72 Å². The highest BCUT2D eigenvalue weighted by Gasteiger charge is 2.13. The minimum absolute atomic E-state index is 0.0980. The molecule has 0 aliphatic heterocycles. The van der Waals surface area contributed by atoms with Gasteiger partial charge < -0.3 is 4.74 Å². The second-order valence-corrected chi connectivity index (χ2v) is 7.39. The van der Waals surface area contributed by atoms with Crippen LogP contribution >= 0.6 is 11.6 Å². The standard InChI is InChI=1S/C17H17ClN2O3S/c18-16-8-7-15(12-19)17(11-16)20-24(21,22)10-4-9-23-13-14-5-2-1-3-6-14/h1-3,5-8,11,20H,4,9-10,13H2. The molecule has 0 saturated carbocycles. The van der Waals surface area contributed by atoms with E-state index in [1.807, 2.05) is 36.4 Å². The Kier molecular flexibility index (Phi) is 6.62. The van der Waals surface area contributed by atoms with Crippen LogP contribution in [0.3, 0.4) is 0 Å². The quantitative estimate of drug-likeness (QED) is 0.726. The van der Waals surface area contributed by atoms with Gasteiger partial charge in [-0.2, -0.15) is 5.26 Å². The van der Waals surface area contributed by atoms with Crippen LogP contribution in [0.1, 0.15) is 17.5 Å². The maximum Gasteiger partial charge on any atom is 0.232 e. The van der Waals surface area contributed by atoms with E-state index in [-0.39, 0.29) is 17.0 Å². The first-order valence-electron chi connectivity index (χ1n) is 7.32. The zero-order chi connectivity index (χ0) is 17.4. The predicted octanol–water partition coefficient (Wildman–Crippen LogP) is 3.56. The Morgan fingerprint density at radius 2 is 1.92 bits per heavy atom. The van der Waals surface area contributed by atoms with E-state index in [1.165, 1.54) is 18.2 Å². The maximum absolute atomic E-state index is 12.1. The number of hydrogen-bond acceptors (Lipinski definition) is 4. The van der Waals surface area contributed by atoms with Crippen LogP contribution in [0, 0.1) is 11.3 Å². The molecule has 0 unspecified atom stereocenters. The van der Waals surface area contributed by atoms with E-state index < -0.39 is 10.0 Å². The molecule has 0 heterocycles. The zero-order valence-electron chi connectivity index (χ0n) is 12.9. The van der Waals surface area contributed by atoms with Gasteiger partial charge in [-0.15, -0.1) is 0 Å². The largest absolute Gasteiger partial charge is 0.377 e. The van der Waals surface area contributed by atoms with Crippen LogP contribution in [0.25, 0.3) is 0 Å². The Morgan fingerprint density at radius 3 is 2.62 bits per heavy atom. The summed E-state index contributed by atoms with van der Waals surface area (Å²) in [6.45, 7) is 0.775. The smallest absolute Gasteiger partial charge is 0.232 e. The number of sulfonamides is 1. The van der Waals surface area contributed by atoms with E-state index in [4.69, 9.17) is 21.6 Å². The average molecular weight is 365 g/mol. The SMILES string of the molecule is N#Cc1ccc(Cl)cc1NS(=O)(=O)CCCOCc1ccccc1. The highest BCUT2D eigenvalue weighted by Crippen LogP contribution is 2.21. The molecule has 0 spiro atoms. The average Bonchev–Trinajstić information content (AvgIpc) is 2.55. The lowest BCUT2D eigenvalue weighted by molar-refractivity contribution is 0.122.